The van der Waals surface area contributed by atoms with Crippen LogP contribution in [-0.2, 0) is 11.3 Å². The number of ether oxygens (including phenoxy) is 2. The standard InChI is InChI=1S/C21H23NO4/c1-5-25-21(23)20-15(3)22(13-18-7-6-12-26-18)14(2)19(20)16-8-10-17(24-4)11-9-16/h6-12H,5,13H2,1-4H3. The van der Waals surface area contributed by atoms with Gasteiger partial charge >= 0.3 is 5.97 Å². The van der Waals surface area contributed by atoms with Gasteiger partial charge in [0.2, 0.25) is 0 Å². The molecule has 0 unspecified atom stereocenters. The summed E-state index contributed by atoms with van der Waals surface area (Å²) in [6.45, 7) is 6.66. The Bertz CT molecular complexity index is 889. The van der Waals surface area contributed by atoms with Crippen LogP contribution < -0.4 is 4.74 Å². The van der Waals surface area contributed by atoms with Gasteiger partial charge in [-0.1, -0.05) is 12.1 Å². The van der Waals surface area contributed by atoms with Crippen molar-refractivity contribution in [3.63, 3.8) is 0 Å². The Kier molecular flexibility index (Phi) is 5.16. The first-order chi connectivity index (χ1) is 12.6. The zero-order chi connectivity index (χ0) is 18.7. The molecule has 2 aromatic heterocycles. The van der Waals surface area contributed by atoms with Crippen molar-refractivity contribution in [3.05, 3.63) is 65.4 Å². The number of carbonyl (C=O) groups excluding carboxylic acids is 1. The lowest BCUT2D eigenvalue weighted by atomic mass is 10.0. The highest BCUT2D eigenvalue weighted by molar-refractivity contribution is 5.99. The van der Waals surface area contributed by atoms with Crippen LogP contribution in [0.3, 0.4) is 0 Å². The molecule has 136 valence electrons. The lowest BCUT2D eigenvalue weighted by Crippen LogP contribution is -2.08. The lowest BCUT2D eigenvalue weighted by molar-refractivity contribution is 0.0526. The highest BCUT2D eigenvalue weighted by Gasteiger charge is 2.25. The van der Waals surface area contributed by atoms with Gasteiger partial charge in [0, 0.05) is 17.0 Å². The van der Waals surface area contributed by atoms with Crippen LogP contribution in [0.5, 0.6) is 5.75 Å². The van der Waals surface area contributed by atoms with E-state index >= 15 is 0 Å². The van der Waals surface area contributed by atoms with E-state index in [9.17, 15) is 4.79 Å². The minimum atomic E-state index is -0.308. The molecule has 0 amide bonds. The molecule has 0 bridgehead atoms. The molecule has 0 aliphatic rings. The Morgan fingerprint density at radius 1 is 1.12 bits per heavy atom. The van der Waals surface area contributed by atoms with Crippen molar-refractivity contribution in [3.8, 4) is 16.9 Å². The molecule has 5 nitrogen and oxygen atoms in total. The predicted molar refractivity (Wildman–Crippen MR) is 99.7 cm³/mol. The largest absolute Gasteiger partial charge is 0.497 e. The molecule has 5 heteroatoms. The van der Waals surface area contributed by atoms with E-state index in [0.717, 1.165) is 34.0 Å². The monoisotopic (exact) mass is 353 g/mol. The average molecular weight is 353 g/mol. The van der Waals surface area contributed by atoms with Crippen molar-refractivity contribution in [2.75, 3.05) is 13.7 Å². The number of methoxy groups -OCH3 is 1. The minimum absolute atomic E-state index is 0.308. The van der Waals surface area contributed by atoms with E-state index in [4.69, 9.17) is 13.9 Å². The van der Waals surface area contributed by atoms with Gasteiger partial charge in [0.25, 0.3) is 0 Å². The highest BCUT2D eigenvalue weighted by Crippen LogP contribution is 2.34. The second-order valence-corrected chi connectivity index (χ2v) is 6.04. The Morgan fingerprint density at radius 3 is 2.42 bits per heavy atom. The number of aromatic nitrogens is 1. The van der Waals surface area contributed by atoms with Crippen LogP contribution in [0.2, 0.25) is 0 Å². The van der Waals surface area contributed by atoms with Crippen LogP contribution >= 0.6 is 0 Å². The van der Waals surface area contributed by atoms with E-state index in [1.165, 1.54) is 0 Å². The molecular formula is C21H23NO4. The molecule has 0 fully saturated rings. The summed E-state index contributed by atoms with van der Waals surface area (Å²) in [5, 5.41) is 0. The second-order valence-electron chi connectivity index (χ2n) is 6.04. The number of benzene rings is 1. The SMILES string of the molecule is CCOC(=O)c1c(-c2ccc(OC)cc2)c(C)n(Cc2ccco2)c1C. The van der Waals surface area contributed by atoms with E-state index in [1.807, 2.05) is 57.2 Å². The Morgan fingerprint density at radius 2 is 1.85 bits per heavy atom. The number of carbonyl (C=O) groups is 1. The fourth-order valence-electron chi connectivity index (χ4n) is 3.24. The van der Waals surface area contributed by atoms with Gasteiger partial charge in [0.05, 0.1) is 32.1 Å². The molecule has 0 atom stereocenters. The average Bonchev–Trinajstić information content (AvgIpc) is 3.24. The summed E-state index contributed by atoms with van der Waals surface area (Å²) in [4.78, 5) is 12.7. The lowest BCUT2D eigenvalue weighted by Gasteiger charge is -2.08. The molecule has 3 aromatic rings. The molecule has 0 aliphatic carbocycles. The van der Waals surface area contributed by atoms with Crippen LogP contribution in [-0.4, -0.2) is 24.3 Å². The fourth-order valence-corrected chi connectivity index (χ4v) is 3.24. The van der Waals surface area contributed by atoms with Crippen molar-refractivity contribution in [2.24, 2.45) is 0 Å². The van der Waals surface area contributed by atoms with Crippen LogP contribution in [0, 0.1) is 13.8 Å². The first kappa shape index (κ1) is 17.9. The van der Waals surface area contributed by atoms with Gasteiger partial charge in [-0.05, 0) is 50.6 Å². The smallest absolute Gasteiger partial charge is 0.340 e. The van der Waals surface area contributed by atoms with Crippen LogP contribution in [0.1, 0.15) is 34.4 Å². The van der Waals surface area contributed by atoms with Gasteiger partial charge in [-0.2, -0.15) is 0 Å². The number of esters is 1. The normalized spacial score (nSPS) is 10.8. The van der Waals surface area contributed by atoms with Gasteiger partial charge in [0.15, 0.2) is 0 Å². The maximum Gasteiger partial charge on any atom is 0.340 e. The van der Waals surface area contributed by atoms with Gasteiger partial charge < -0.3 is 18.5 Å². The molecule has 3 rings (SSSR count). The fraction of sp³-hybridized carbons (Fsp3) is 0.286. The summed E-state index contributed by atoms with van der Waals surface area (Å²) in [5.74, 6) is 1.30. The molecule has 0 radical (unpaired) electrons. The van der Waals surface area contributed by atoms with E-state index < -0.39 is 0 Å². The van der Waals surface area contributed by atoms with Crippen molar-refractivity contribution in [2.45, 2.75) is 27.3 Å². The van der Waals surface area contributed by atoms with Crippen molar-refractivity contribution >= 4 is 5.97 Å². The summed E-state index contributed by atoms with van der Waals surface area (Å²) in [6, 6.07) is 11.5. The summed E-state index contributed by atoms with van der Waals surface area (Å²) in [5.41, 5.74) is 4.29. The Hall–Kier alpha value is -2.95. The maximum atomic E-state index is 12.7. The van der Waals surface area contributed by atoms with Crippen molar-refractivity contribution < 1.29 is 18.7 Å². The highest BCUT2D eigenvalue weighted by atomic mass is 16.5. The van der Waals surface area contributed by atoms with E-state index in [-0.39, 0.29) is 5.97 Å². The predicted octanol–water partition coefficient (Wildman–Crippen LogP) is 4.60. The van der Waals surface area contributed by atoms with Crippen molar-refractivity contribution in [1.82, 2.24) is 4.57 Å². The number of rotatable bonds is 6. The van der Waals surface area contributed by atoms with Gasteiger partial charge in [0.1, 0.15) is 11.5 Å². The van der Waals surface area contributed by atoms with E-state index in [2.05, 4.69) is 4.57 Å². The maximum absolute atomic E-state index is 12.7. The van der Waals surface area contributed by atoms with Gasteiger partial charge in [-0.15, -0.1) is 0 Å². The zero-order valence-corrected chi connectivity index (χ0v) is 15.5. The van der Waals surface area contributed by atoms with Crippen LogP contribution in [0.25, 0.3) is 11.1 Å². The zero-order valence-electron chi connectivity index (χ0n) is 15.5. The molecule has 0 aliphatic heterocycles. The first-order valence-electron chi connectivity index (χ1n) is 8.60. The molecule has 2 heterocycles. The Labute approximate surface area is 153 Å². The molecule has 0 saturated heterocycles. The topological polar surface area (TPSA) is 53.6 Å². The number of furan rings is 1. The van der Waals surface area contributed by atoms with E-state index in [0.29, 0.717) is 18.7 Å². The molecular weight excluding hydrogens is 330 g/mol. The third-order valence-electron chi connectivity index (χ3n) is 4.54. The summed E-state index contributed by atoms with van der Waals surface area (Å²) >= 11 is 0. The molecule has 1 aromatic carbocycles. The second kappa shape index (κ2) is 7.52. The summed E-state index contributed by atoms with van der Waals surface area (Å²) in [7, 11) is 1.63. The van der Waals surface area contributed by atoms with Crippen LogP contribution in [0.15, 0.2) is 47.1 Å². The van der Waals surface area contributed by atoms with Gasteiger partial charge in [-0.25, -0.2) is 4.79 Å². The third-order valence-corrected chi connectivity index (χ3v) is 4.54. The molecule has 26 heavy (non-hydrogen) atoms. The van der Waals surface area contributed by atoms with E-state index in [1.54, 1.807) is 13.4 Å². The number of hydrogen-bond donors (Lipinski definition) is 0. The number of hydrogen-bond acceptors (Lipinski definition) is 4. The number of nitrogens with zero attached hydrogens (tertiary/aromatic N) is 1. The summed E-state index contributed by atoms with van der Waals surface area (Å²) in [6.07, 6.45) is 1.65. The summed E-state index contributed by atoms with van der Waals surface area (Å²) < 4.78 is 18.1. The minimum Gasteiger partial charge on any atom is -0.497 e. The van der Waals surface area contributed by atoms with Crippen molar-refractivity contribution in [1.29, 1.82) is 0 Å². The quantitative estimate of drug-likeness (QED) is 0.608. The first-order valence-corrected chi connectivity index (χ1v) is 8.60. The van der Waals surface area contributed by atoms with Crippen LogP contribution in [0.4, 0.5) is 0 Å². The third kappa shape index (κ3) is 3.25. The molecule has 0 N–H and O–H groups in total. The molecule has 0 spiro atoms. The van der Waals surface area contributed by atoms with Gasteiger partial charge in [-0.3, -0.25) is 0 Å². The Balaban J connectivity index is 2.14. The molecule has 0 saturated carbocycles.